The second-order valence-electron chi connectivity index (χ2n) is 1.96. The van der Waals surface area contributed by atoms with E-state index in [2.05, 4.69) is 10.4 Å². The summed E-state index contributed by atoms with van der Waals surface area (Å²) in [4.78, 5) is 14.3. The van der Waals surface area contributed by atoms with Crippen LogP contribution in [-0.4, -0.2) is 36.2 Å². The first-order chi connectivity index (χ1) is 5.24. The quantitative estimate of drug-likeness (QED) is 0.600. The van der Waals surface area contributed by atoms with Crippen LogP contribution in [0.2, 0.25) is 0 Å². The second kappa shape index (κ2) is 3.42. The van der Waals surface area contributed by atoms with Gasteiger partial charge in [0.05, 0.1) is 0 Å². The van der Waals surface area contributed by atoms with Crippen molar-refractivity contribution in [1.82, 2.24) is 4.98 Å². The fourth-order valence-corrected chi connectivity index (χ4v) is 1.16. The molecule has 0 atom stereocenters. The molecule has 4 heteroatoms. The fraction of sp³-hybridized carbons (Fsp3) is 0. The third-order valence-corrected chi connectivity index (χ3v) is 1.94. The van der Waals surface area contributed by atoms with Crippen LogP contribution in [0.5, 0.6) is 0 Å². The molecule has 0 aliphatic carbocycles. The molecule has 0 saturated heterocycles. The normalized spacial score (nSPS) is 8.73. The van der Waals surface area contributed by atoms with E-state index in [0.29, 0.717) is 0 Å². The Balaban J connectivity index is 3.10. The maximum atomic E-state index is 10.4. The van der Waals surface area contributed by atoms with E-state index < -0.39 is 5.97 Å². The first-order valence-electron chi connectivity index (χ1n) is 3.07. The van der Waals surface area contributed by atoms with Crippen molar-refractivity contribution in [3.63, 3.8) is 0 Å². The molecule has 3 nitrogen and oxygen atoms in total. The fourth-order valence-electron chi connectivity index (χ4n) is 0.684. The summed E-state index contributed by atoms with van der Waals surface area (Å²) in [6.07, 6.45) is 0. The van der Waals surface area contributed by atoms with Gasteiger partial charge in [0.25, 0.3) is 0 Å². The topological polar surface area (TPSA) is 50.2 Å². The van der Waals surface area contributed by atoms with Gasteiger partial charge in [0.2, 0.25) is 0 Å². The monoisotopic (exact) mass is 163 g/mol. The van der Waals surface area contributed by atoms with Crippen LogP contribution in [-0.2, 0) is 0 Å². The van der Waals surface area contributed by atoms with E-state index in [-0.39, 0.29) is 20.5 Å². The maximum absolute atomic E-state index is 10.4. The van der Waals surface area contributed by atoms with Gasteiger partial charge in [-0.25, -0.2) is 0 Å². The predicted molar refractivity (Wildman–Crippen MR) is 43.7 cm³/mol. The van der Waals surface area contributed by atoms with Gasteiger partial charge in [0.15, 0.2) is 0 Å². The summed E-state index contributed by atoms with van der Waals surface area (Å²) in [6, 6.07) is 4.94. The minimum absolute atomic E-state index is 0.0960. The van der Waals surface area contributed by atoms with Crippen LogP contribution in [0.4, 0.5) is 0 Å². The van der Waals surface area contributed by atoms with E-state index in [1.54, 1.807) is 12.1 Å². The molecule has 54 valence electrons. The Morgan fingerprint density at radius 1 is 1.64 bits per heavy atom. The molecule has 0 spiro atoms. The Hall–Kier alpha value is -0.978. The zero-order chi connectivity index (χ0) is 8.27. The van der Waals surface area contributed by atoms with E-state index in [4.69, 9.17) is 5.11 Å². The number of carbonyl (C=O) groups is 1. The molecule has 0 unspecified atom stereocenters. The minimum atomic E-state index is -0.986. The summed E-state index contributed by atoms with van der Waals surface area (Å²) >= 11 is -0.146. The number of aromatic carboxylic acids is 1. The molecule has 0 aromatic carbocycles. The molecule has 0 radical (unpaired) electrons. The van der Waals surface area contributed by atoms with E-state index >= 15 is 0 Å². The first-order valence-corrected chi connectivity index (χ1v) is 4.46. The van der Waals surface area contributed by atoms with Crippen molar-refractivity contribution in [2.24, 2.45) is 0 Å². The molecule has 1 N–H and O–H groups in total. The number of nitrogens with zero attached hydrogens (tertiary/aromatic N) is 1. The standard InChI is InChI=1S/C6H4NO2.CH2.Al/c8-6(9)5-3-1-2-4-7-5;;/h1-3H,(H,8,9);1H2;. The van der Waals surface area contributed by atoms with Gasteiger partial charge in [0, 0.05) is 0 Å². The van der Waals surface area contributed by atoms with Crippen LogP contribution < -0.4 is 4.56 Å². The van der Waals surface area contributed by atoms with Crippen molar-refractivity contribution in [3.05, 3.63) is 23.9 Å². The van der Waals surface area contributed by atoms with Gasteiger partial charge in [-0.1, -0.05) is 0 Å². The van der Waals surface area contributed by atoms with Crippen LogP contribution in [0.15, 0.2) is 18.2 Å². The van der Waals surface area contributed by atoms with E-state index in [1.165, 1.54) is 6.07 Å². The van der Waals surface area contributed by atoms with E-state index in [1.807, 2.05) is 0 Å². The summed E-state index contributed by atoms with van der Waals surface area (Å²) in [6.45, 7) is 0. The third kappa shape index (κ3) is 1.97. The summed E-state index contributed by atoms with van der Waals surface area (Å²) in [7, 11) is 0. The van der Waals surface area contributed by atoms with Crippen LogP contribution in [0, 0.1) is 0 Å². The van der Waals surface area contributed by atoms with Crippen molar-refractivity contribution in [2.75, 3.05) is 0 Å². The molecule has 0 aliphatic heterocycles. The number of rotatable bonds is 2. The second-order valence-corrected chi connectivity index (χ2v) is 2.96. The molecule has 11 heavy (non-hydrogen) atoms. The van der Waals surface area contributed by atoms with E-state index in [9.17, 15) is 4.79 Å². The van der Waals surface area contributed by atoms with E-state index in [0.717, 1.165) is 4.56 Å². The molecule has 1 heterocycles. The predicted octanol–water partition coefficient (Wildman–Crippen LogP) is -0.459. The summed E-state index contributed by atoms with van der Waals surface area (Å²) < 4.78 is 0.782. The number of hydrogen-bond donors (Lipinski definition) is 1. The van der Waals surface area contributed by atoms with Gasteiger partial charge in [-0.3, -0.25) is 0 Å². The van der Waals surface area contributed by atoms with Gasteiger partial charge in [0.1, 0.15) is 0 Å². The third-order valence-electron chi connectivity index (χ3n) is 1.20. The van der Waals surface area contributed by atoms with Crippen LogP contribution in [0.1, 0.15) is 10.5 Å². The van der Waals surface area contributed by atoms with Crippen LogP contribution in [0.25, 0.3) is 0 Å². The zero-order valence-electron chi connectivity index (χ0n) is 5.82. The summed E-state index contributed by atoms with van der Waals surface area (Å²) in [5, 5.41) is 12.2. The average Bonchev–Trinajstić information content (AvgIpc) is 2.05. The van der Waals surface area contributed by atoms with Crippen LogP contribution in [0.3, 0.4) is 0 Å². The average molecular weight is 163 g/mol. The van der Waals surface area contributed by atoms with Gasteiger partial charge in [-0.05, 0) is 0 Å². The van der Waals surface area contributed by atoms with Crippen molar-refractivity contribution < 1.29 is 9.90 Å². The Bertz CT molecular complexity index is 298. The van der Waals surface area contributed by atoms with Gasteiger partial charge in [-0.15, -0.1) is 0 Å². The van der Waals surface area contributed by atoms with Crippen molar-refractivity contribution >= 4 is 30.7 Å². The Labute approximate surface area is 70.0 Å². The Kier molecular flexibility index (Phi) is 2.53. The van der Waals surface area contributed by atoms with Gasteiger partial charge >= 0.3 is 69.5 Å². The van der Waals surface area contributed by atoms with Gasteiger partial charge in [-0.2, -0.15) is 0 Å². The molecule has 0 aliphatic rings. The number of carboxylic acids is 1. The number of hydrogen-bond acceptors (Lipinski definition) is 2. The SMILES string of the molecule is [CH2]=[Al][c]1cccc(C(=O)O)n1. The molecular formula is C7H6AlNO2. The summed E-state index contributed by atoms with van der Waals surface area (Å²) in [5.41, 5.74) is 0.0960. The zero-order valence-corrected chi connectivity index (χ0v) is 6.97. The Morgan fingerprint density at radius 2 is 2.36 bits per heavy atom. The molecular weight excluding hydrogens is 157 g/mol. The molecule has 1 aromatic heterocycles. The van der Waals surface area contributed by atoms with Crippen LogP contribution >= 0.6 is 0 Å². The molecule has 0 saturated carbocycles. The molecule has 0 amide bonds. The van der Waals surface area contributed by atoms with Gasteiger partial charge < -0.3 is 0 Å². The molecule has 1 rings (SSSR count). The number of pyridine rings is 1. The van der Waals surface area contributed by atoms with Crippen molar-refractivity contribution in [2.45, 2.75) is 0 Å². The summed E-state index contributed by atoms with van der Waals surface area (Å²) in [5.74, 6) is -0.986. The first kappa shape index (κ1) is 8.12. The molecule has 0 bridgehead atoms. The number of carboxylic acid groups (broad SMARTS) is 1. The van der Waals surface area contributed by atoms with Crippen molar-refractivity contribution in [1.29, 1.82) is 0 Å². The Morgan fingerprint density at radius 3 is 2.91 bits per heavy atom. The number of aromatic nitrogens is 1. The van der Waals surface area contributed by atoms with Crippen molar-refractivity contribution in [3.8, 4) is 0 Å². The molecule has 1 aromatic rings. The molecule has 0 fully saturated rings.